The largest absolute Gasteiger partial charge is 0.493 e. The van der Waals surface area contributed by atoms with Gasteiger partial charge in [-0.3, -0.25) is 4.79 Å². The van der Waals surface area contributed by atoms with Crippen molar-refractivity contribution in [2.45, 2.75) is 6.10 Å². The minimum absolute atomic E-state index is 0.222. The van der Waals surface area contributed by atoms with Crippen LogP contribution in [0.25, 0.3) is 0 Å². The van der Waals surface area contributed by atoms with Gasteiger partial charge in [-0.05, 0) is 42.0 Å². The Hall–Kier alpha value is -3.69. The molecule has 0 heterocycles. The Morgan fingerprint density at radius 2 is 1.67 bits per heavy atom. The number of nitrogens with one attached hydrogen (secondary N) is 1. The van der Waals surface area contributed by atoms with Crippen LogP contribution in [0.5, 0.6) is 17.2 Å². The lowest BCUT2D eigenvalue weighted by Gasteiger charge is -2.11. The summed E-state index contributed by atoms with van der Waals surface area (Å²) >= 11 is 3.36. The summed E-state index contributed by atoms with van der Waals surface area (Å²) in [5, 5.41) is 14.0. The molecule has 1 amide bonds. The quantitative estimate of drug-likeness (QED) is 0.205. The number of methoxy groups -OCH3 is 2. The smallest absolute Gasteiger partial charge is 0.343 e. The molecule has 0 unspecified atom stereocenters. The van der Waals surface area contributed by atoms with E-state index in [0.717, 1.165) is 0 Å². The molecule has 3 aromatic rings. The zero-order chi connectivity index (χ0) is 23.8. The van der Waals surface area contributed by atoms with Gasteiger partial charge in [-0.1, -0.05) is 46.3 Å². The SMILES string of the molecule is COc1ccc(C(=O)Oc2ccc(Br)cc2/C=N\NC(=O)[C@H](O)c2ccccc2)cc1OC. The summed E-state index contributed by atoms with van der Waals surface area (Å²) in [7, 11) is 2.97. The highest BCUT2D eigenvalue weighted by molar-refractivity contribution is 9.10. The first kappa shape index (κ1) is 24.0. The van der Waals surface area contributed by atoms with Crippen LogP contribution < -0.4 is 19.6 Å². The van der Waals surface area contributed by atoms with Crippen LogP contribution in [0.3, 0.4) is 0 Å². The van der Waals surface area contributed by atoms with Gasteiger partial charge in [0, 0.05) is 10.0 Å². The molecular weight excluding hydrogens is 492 g/mol. The molecule has 3 aromatic carbocycles. The number of nitrogens with zero attached hydrogens (tertiary/aromatic N) is 1. The maximum Gasteiger partial charge on any atom is 0.343 e. The number of benzene rings is 3. The third-order valence-corrected chi connectivity index (χ3v) is 5.03. The van der Waals surface area contributed by atoms with Gasteiger partial charge < -0.3 is 19.3 Å². The predicted octanol–water partition coefficient (Wildman–Crippen LogP) is 3.87. The molecule has 2 N–H and O–H groups in total. The molecule has 0 fully saturated rings. The normalized spacial score (nSPS) is 11.6. The molecule has 0 aliphatic heterocycles. The molecule has 3 rings (SSSR count). The average Bonchev–Trinajstić information content (AvgIpc) is 2.84. The molecule has 0 saturated heterocycles. The van der Waals surface area contributed by atoms with Crippen molar-refractivity contribution in [1.82, 2.24) is 5.43 Å². The maximum atomic E-state index is 12.7. The number of rotatable bonds is 8. The Balaban J connectivity index is 1.74. The van der Waals surface area contributed by atoms with Gasteiger partial charge in [0.15, 0.2) is 17.6 Å². The van der Waals surface area contributed by atoms with Gasteiger partial charge in [-0.2, -0.15) is 5.10 Å². The van der Waals surface area contributed by atoms with E-state index in [2.05, 4.69) is 26.5 Å². The Labute approximate surface area is 198 Å². The molecule has 0 aliphatic rings. The number of hydrazone groups is 1. The number of aliphatic hydroxyl groups is 1. The number of ether oxygens (including phenoxy) is 3. The minimum Gasteiger partial charge on any atom is -0.493 e. The number of carbonyl (C=O) groups is 2. The van der Waals surface area contributed by atoms with Crippen molar-refractivity contribution >= 4 is 34.0 Å². The van der Waals surface area contributed by atoms with E-state index in [1.54, 1.807) is 60.7 Å². The molecule has 0 aliphatic carbocycles. The third kappa shape index (κ3) is 6.18. The van der Waals surface area contributed by atoms with Crippen molar-refractivity contribution in [1.29, 1.82) is 0 Å². The van der Waals surface area contributed by atoms with E-state index in [1.165, 1.54) is 26.5 Å². The van der Waals surface area contributed by atoms with Gasteiger partial charge in [0.25, 0.3) is 5.91 Å². The van der Waals surface area contributed by atoms with Gasteiger partial charge in [0.1, 0.15) is 5.75 Å². The molecule has 33 heavy (non-hydrogen) atoms. The van der Waals surface area contributed by atoms with Crippen LogP contribution in [-0.2, 0) is 4.79 Å². The van der Waals surface area contributed by atoms with Crippen molar-refractivity contribution in [3.8, 4) is 17.2 Å². The number of esters is 1. The molecule has 0 bridgehead atoms. The average molecular weight is 513 g/mol. The van der Waals surface area contributed by atoms with Crippen molar-refractivity contribution in [2.24, 2.45) is 5.10 Å². The van der Waals surface area contributed by atoms with E-state index >= 15 is 0 Å². The van der Waals surface area contributed by atoms with Gasteiger partial charge in [-0.25, -0.2) is 10.2 Å². The number of aliphatic hydroxyl groups excluding tert-OH is 1. The van der Waals surface area contributed by atoms with E-state index in [-0.39, 0.29) is 11.3 Å². The Kier molecular flexibility index (Phi) is 8.17. The molecule has 1 atom stereocenters. The number of carbonyl (C=O) groups excluding carboxylic acids is 2. The van der Waals surface area contributed by atoms with Crippen molar-refractivity contribution < 1.29 is 28.9 Å². The molecule has 170 valence electrons. The van der Waals surface area contributed by atoms with E-state index < -0.39 is 18.0 Å². The van der Waals surface area contributed by atoms with E-state index in [4.69, 9.17) is 14.2 Å². The first-order chi connectivity index (χ1) is 15.9. The molecule has 8 nitrogen and oxygen atoms in total. The monoisotopic (exact) mass is 512 g/mol. The van der Waals surface area contributed by atoms with Crippen molar-refractivity contribution in [3.05, 3.63) is 87.9 Å². The lowest BCUT2D eigenvalue weighted by atomic mass is 10.1. The second kappa shape index (κ2) is 11.3. The van der Waals surface area contributed by atoms with Crippen LogP contribution in [0.15, 0.2) is 76.3 Å². The fourth-order valence-corrected chi connectivity index (χ4v) is 3.23. The fourth-order valence-electron chi connectivity index (χ4n) is 2.85. The van der Waals surface area contributed by atoms with Gasteiger partial charge >= 0.3 is 5.97 Å². The summed E-state index contributed by atoms with van der Waals surface area (Å²) in [6.07, 6.45) is -0.0503. The lowest BCUT2D eigenvalue weighted by molar-refractivity contribution is -0.129. The van der Waals surface area contributed by atoms with Crippen molar-refractivity contribution in [2.75, 3.05) is 14.2 Å². The Morgan fingerprint density at radius 3 is 2.36 bits per heavy atom. The predicted molar refractivity (Wildman–Crippen MR) is 126 cm³/mol. The second-order valence-electron chi connectivity index (χ2n) is 6.69. The highest BCUT2D eigenvalue weighted by Gasteiger charge is 2.17. The Bertz CT molecular complexity index is 1170. The number of amides is 1. The van der Waals surface area contributed by atoms with Gasteiger partial charge in [-0.15, -0.1) is 0 Å². The molecule has 0 saturated carbocycles. The van der Waals surface area contributed by atoms with Crippen LogP contribution in [0, 0.1) is 0 Å². The molecule has 0 radical (unpaired) electrons. The summed E-state index contributed by atoms with van der Waals surface area (Å²) in [4.78, 5) is 24.8. The molecule has 0 aromatic heterocycles. The third-order valence-electron chi connectivity index (χ3n) is 4.54. The zero-order valence-corrected chi connectivity index (χ0v) is 19.4. The summed E-state index contributed by atoms with van der Waals surface area (Å²) in [5.41, 5.74) is 3.41. The maximum absolute atomic E-state index is 12.7. The highest BCUT2D eigenvalue weighted by Crippen LogP contribution is 2.29. The standard InChI is InChI=1S/C24H21BrN2O6/c1-31-20-10-8-16(13-21(20)32-2)24(30)33-19-11-9-18(25)12-17(19)14-26-27-23(29)22(28)15-6-4-3-5-7-15/h3-14,22,28H,1-2H3,(H,27,29)/b26-14-/t22-/m1/s1. The van der Waals surface area contributed by atoms with E-state index in [1.807, 2.05) is 0 Å². The topological polar surface area (TPSA) is 106 Å². The van der Waals surface area contributed by atoms with Crippen LogP contribution in [0.1, 0.15) is 27.6 Å². The fraction of sp³-hybridized carbons (Fsp3) is 0.125. The number of hydrogen-bond donors (Lipinski definition) is 2. The summed E-state index contributed by atoms with van der Waals surface area (Å²) in [5.74, 6) is -0.212. The summed E-state index contributed by atoms with van der Waals surface area (Å²) in [6, 6.07) is 18.1. The second-order valence-corrected chi connectivity index (χ2v) is 7.60. The lowest BCUT2D eigenvalue weighted by Crippen LogP contribution is -2.25. The van der Waals surface area contributed by atoms with E-state index in [9.17, 15) is 14.7 Å². The molecule has 0 spiro atoms. The zero-order valence-electron chi connectivity index (χ0n) is 17.8. The first-order valence-electron chi connectivity index (χ1n) is 9.72. The first-order valence-corrected chi connectivity index (χ1v) is 10.5. The summed E-state index contributed by atoms with van der Waals surface area (Å²) in [6.45, 7) is 0. The van der Waals surface area contributed by atoms with Crippen LogP contribution in [-0.4, -0.2) is 37.4 Å². The van der Waals surface area contributed by atoms with Crippen LogP contribution >= 0.6 is 15.9 Å². The minimum atomic E-state index is -1.37. The number of hydrogen-bond acceptors (Lipinski definition) is 7. The van der Waals surface area contributed by atoms with Crippen LogP contribution in [0.2, 0.25) is 0 Å². The van der Waals surface area contributed by atoms with Crippen LogP contribution in [0.4, 0.5) is 0 Å². The van der Waals surface area contributed by atoms with Gasteiger partial charge in [0.2, 0.25) is 0 Å². The van der Waals surface area contributed by atoms with Gasteiger partial charge in [0.05, 0.1) is 26.0 Å². The Morgan fingerprint density at radius 1 is 0.970 bits per heavy atom. The molecular formula is C24H21BrN2O6. The number of halogens is 1. The highest BCUT2D eigenvalue weighted by atomic mass is 79.9. The summed E-state index contributed by atoms with van der Waals surface area (Å²) < 4.78 is 16.6. The van der Waals surface area contributed by atoms with Crippen molar-refractivity contribution in [3.63, 3.8) is 0 Å². The molecule has 9 heteroatoms. The van der Waals surface area contributed by atoms with E-state index in [0.29, 0.717) is 27.1 Å².